The first-order valence-electron chi connectivity index (χ1n) is 6.50. The van der Waals surface area contributed by atoms with Gasteiger partial charge < -0.3 is 5.11 Å². The maximum atomic E-state index is 12.4. The molecule has 0 aromatic heterocycles. The smallest absolute Gasteiger partial charge is 0.306 e. The van der Waals surface area contributed by atoms with Crippen LogP contribution in [-0.4, -0.2) is 25.5 Å². The van der Waals surface area contributed by atoms with Crippen LogP contribution in [0.5, 0.6) is 0 Å². The Kier molecular flexibility index (Phi) is 5.29. The summed E-state index contributed by atoms with van der Waals surface area (Å²) in [6.45, 7) is 0. The van der Waals surface area contributed by atoms with Gasteiger partial charge in [-0.3, -0.25) is 4.79 Å². The Bertz CT molecular complexity index is 642. The molecule has 2 N–H and O–H groups in total. The Morgan fingerprint density at radius 2 is 1.90 bits per heavy atom. The van der Waals surface area contributed by atoms with Gasteiger partial charge in [0.2, 0.25) is 10.0 Å². The van der Waals surface area contributed by atoms with E-state index >= 15 is 0 Å². The molecule has 0 atom stereocenters. The summed E-state index contributed by atoms with van der Waals surface area (Å²) in [5.74, 6) is -1.18. The zero-order chi connectivity index (χ0) is 15.6. The number of halogens is 2. The molecule has 1 aliphatic carbocycles. The maximum Gasteiger partial charge on any atom is 0.306 e. The number of hydrogen-bond donors (Lipinski definition) is 2. The van der Waals surface area contributed by atoms with Crippen LogP contribution in [0.25, 0.3) is 0 Å². The summed E-state index contributed by atoms with van der Waals surface area (Å²) in [5.41, 5.74) is 0. The monoisotopic (exact) mass is 395 g/mol. The molecule has 0 amide bonds. The first kappa shape index (κ1) is 16.7. The molecule has 116 valence electrons. The maximum absolute atomic E-state index is 12.4. The number of rotatable bonds is 4. The molecular formula is C13H15BrClNO4S. The van der Waals surface area contributed by atoms with E-state index in [2.05, 4.69) is 20.7 Å². The third-order valence-electron chi connectivity index (χ3n) is 3.58. The third-order valence-corrected chi connectivity index (χ3v) is 6.33. The number of benzene rings is 1. The fourth-order valence-corrected chi connectivity index (χ4v) is 4.96. The van der Waals surface area contributed by atoms with Gasteiger partial charge in [0.05, 0.1) is 10.8 Å². The molecule has 0 heterocycles. The second-order valence-electron chi connectivity index (χ2n) is 5.08. The lowest BCUT2D eigenvalue weighted by molar-refractivity contribution is -0.142. The van der Waals surface area contributed by atoms with Crippen molar-refractivity contribution in [3.05, 3.63) is 27.7 Å². The summed E-state index contributed by atoms with van der Waals surface area (Å²) in [7, 11) is -3.68. The van der Waals surface area contributed by atoms with Crippen molar-refractivity contribution in [1.82, 2.24) is 4.72 Å². The lowest BCUT2D eigenvalue weighted by Crippen LogP contribution is -2.38. The molecule has 0 unspecified atom stereocenters. The van der Waals surface area contributed by atoms with Gasteiger partial charge in [0.1, 0.15) is 0 Å². The van der Waals surface area contributed by atoms with Crippen molar-refractivity contribution in [1.29, 1.82) is 0 Å². The molecule has 21 heavy (non-hydrogen) atoms. The van der Waals surface area contributed by atoms with Crippen LogP contribution in [-0.2, 0) is 14.8 Å². The van der Waals surface area contributed by atoms with Gasteiger partial charge in [0.25, 0.3) is 0 Å². The first-order chi connectivity index (χ1) is 9.79. The summed E-state index contributed by atoms with van der Waals surface area (Å²) in [6.07, 6.45) is 2.02. The summed E-state index contributed by atoms with van der Waals surface area (Å²) in [5, 5.41) is 9.28. The standard InChI is InChI=1S/C13H15BrClNO4S/c14-11-6-3-9(15)7-12(11)21(19,20)16-10-4-1-8(2-5-10)13(17)18/h3,6-8,10,16H,1-2,4-5H2,(H,17,18). The van der Waals surface area contributed by atoms with Crippen LogP contribution >= 0.6 is 27.5 Å². The lowest BCUT2D eigenvalue weighted by Gasteiger charge is -2.26. The molecule has 0 spiro atoms. The van der Waals surface area contributed by atoms with Crippen LogP contribution in [0.1, 0.15) is 25.7 Å². The van der Waals surface area contributed by atoms with Gasteiger partial charge in [0, 0.05) is 15.5 Å². The Morgan fingerprint density at radius 1 is 1.29 bits per heavy atom. The van der Waals surface area contributed by atoms with Crippen molar-refractivity contribution in [3.63, 3.8) is 0 Å². The van der Waals surface area contributed by atoms with Crippen molar-refractivity contribution in [2.24, 2.45) is 5.92 Å². The molecule has 0 aliphatic heterocycles. The van der Waals surface area contributed by atoms with E-state index in [0.29, 0.717) is 35.2 Å². The minimum absolute atomic E-state index is 0.0929. The van der Waals surface area contributed by atoms with E-state index in [-0.39, 0.29) is 16.9 Å². The van der Waals surface area contributed by atoms with E-state index in [1.807, 2.05) is 0 Å². The minimum atomic E-state index is -3.68. The molecule has 2 rings (SSSR count). The van der Waals surface area contributed by atoms with Gasteiger partial charge in [-0.25, -0.2) is 13.1 Å². The van der Waals surface area contributed by atoms with Crippen LogP contribution in [0.4, 0.5) is 0 Å². The predicted molar refractivity (Wildman–Crippen MR) is 82.9 cm³/mol. The summed E-state index contributed by atoms with van der Waals surface area (Å²) < 4.78 is 27.8. The molecule has 0 saturated heterocycles. The Hall–Kier alpha value is -0.630. The molecule has 1 fully saturated rings. The quantitative estimate of drug-likeness (QED) is 0.819. The number of carboxylic acids is 1. The molecule has 5 nitrogen and oxygen atoms in total. The van der Waals surface area contributed by atoms with Gasteiger partial charge in [-0.15, -0.1) is 0 Å². The van der Waals surface area contributed by atoms with Crippen LogP contribution in [0.3, 0.4) is 0 Å². The normalized spacial score (nSPS) is 23.0. The topological polar surface area (TPSA) is 83.5 Å². The molecule has 1 aromatic rings. The highest BCUT2D eigenvalue weighted by Crippen LogP contribution is 2.28. The highest BCUT2D eigenvalue weighted by atomic mass is 79.9. The van der Waals surface area contributed by atoms with E-state index in [1.165, 1.54) is 6.07 Å². The van der Waals surface area contributed by atoms with Crippen molar-refractivity contribution in [3.8, 4) is 0 Å². The number of carbonyl (C=O) groups is 1. The van der Waals surface area contributed by atoms with E-state index in [9.17, 15) is 13.2 Å². The highest BCUT2D eigenvalue weighted by Gasteiger charge is 2.29. The third kappa shape index (κ3) is 4.18. The number of aliphatic carboxylic acids is 1. The fraction of sp³-hybridized carbons (Fsp3) is 0.462. The molecule has 0 radical (unpaired) electrons. The van der Waals surface area contributed by atoms with Crippen molar-refractivity contribution >= 4 is 43.5 Å². The Labute approximate surface area is 136 Å². The van der Waals surface area contributed by atoms with Crippen molar-refractivity contribution in [2.45, 2.75) is 36.6 Å². The van der Waals surface area contributed by atoms with Gasteiger partial charge in [-0.05, 0) is 59.8 Å². The van der Waals surface area contributed by atoms with Crippen molar-refractivity contribution in [2.75, 3.05) is 0 Å². The zero-order valence-corrected chi connectivity index (χ0v) is 14.2. The highest BCUT2D eigenvalue weighted by molar-refractivity contribution is 9.10. The van der Waals surface area contributed by atoms with E-state index < -0.39 is 16.0 Å². The van der Waals surface area contributed by atoms with Gasteiger partial charge in [-0.2, -0.15) is 0 Å². The van der Waals surface area contributed by atoms with Gasteiger partial charge in [0.15, 0.2) is 0 Å². The van der Waals surface area contributed by atoms with E-state index in [4.69, 9.17) is 16.7 Å². The van der Waals surface area contributed by atoms with E-state index in [1.54, 1.807) is 12.1 Å². The van der Waals surface area contributed by atoms with Crippen LogP contribution in [0.15, 0.2) is 27.6 Å². The number of carboxylic acid groups (broad SMARTS) is 1. The number of hydrogen-bond acceptors (Lipinski definition) is 3. The summed E-state index contributed by atoms with van der Waals surface area (Å²) >= 11 is 9.05. The van der Waals surface area contributed by atoms with Gasteiger partial charge in [-0.1, -0.05) is 11.6 Å². The minimum Gasteiger partial charge on any atom is -0.481 e. The van der Waals surface area contributed by atoms with E-state index in [0.717, 1.165) is 0 Å². The van der Waals surface area contributed by atoms with Crippen LogP contribution in [0.2, 0.25) is 5.02 Å². The second-order valence-corrected chi connectivity index (χ2v) is 8.06. The largest absolute Gasteiger partial charge is 0.481 e. The zero-order valence-electron chi connectivity index (χ0n) is 11.1. The molecule has 1 aromatic carbocycles. The number of nitrogens with one attached hydrogen (secondary N) is 1. The first-order valence-corrected chi connectivity index (χ1v) is 9.15. The lowest BCUT2D eigenvalue weighted by atomic mass is 9.87. The predicted octanol–water partition coefficient (Wildman–Crippen LogP) is 3.02. The summed E-state index contributed by atoms with van der Waals surface area (Å²) in [4.78, 5) is 11.0. The van der Waals surface area contributed by atoms with Crippen LogP contribution in [0, 0.1) is 5.92 Å². The SMILES string of the molecule is O=C(O)C1CCC(NS(=O)(=O)c2cc(Cl)ccc2Br)CC1. The summed E-state index contributed by atoms with van der Waals surface area (Å²) in [6, 6.07) is 4.33. The Balaban J connectivity index is 2.09. The number of sulfonamides is 1. The van der Waals surface area contributed by atoms with Crippen molar-refractivity contribution < 1.29 is 18.3 Å². The molecule has 8 heteroatoms. The average molecular weight is 397 g/mol. The fourth-order valence-electron chi connectivity index (χ4n) is 2.42. The molecule has 1 aliphatic rings. The van der Waals surface area contributed by atoms with Gasteiger partial charge >= 0.3 is 5.97 Å². The molecule has 0 bridgehead atoms. The second kappa shape index (κ2) is 6.64. The Morgan fingerprint density at radius 3 is 2.48 bits per heavy atom. The molecular weight excluding hydrogens is 382 g/mol. The van der Waals surface area contributed by atoms with Crippen LogP contribution < -0.4 is 4.72 Å². The average Bonchev–Trinajstić information content (AvgIpc) is 2.41. The molecule has 1 saturated carbocycles.